The summed E-state index contributed by atoms with van der Waals surface area (Å²) in [7, 11) is 4.64. The number of hydrogen-bond acceptors (Lipinski definition) is 4. The molecule has 0 aliphatic heterocycles. The molecule has 0 bridgehead atoms. The number of aromatic nitrogens is 2. The van der Waals surface area contributed by atoms with Crippen molar-refractivity contribution in [3.63, 3.8) is 0 Å². The fourth-order valence-corrected chi connectivity index (χ4v) is 2.45. The molecule has 138 valence electrons. The predicted octanol–water partition coefficient (Wildman–Crippen LogP) is 1.15. The van der Waals surface area contributed by atoms with E-state index in [1.54, 1.807) is 19.0 Å². The summed E-state index contributed by atoms with van der Waals surface area (Å²) in [6, 6.07) is 7.53. The number of nitrogens with zero attached hydrogens (tertiary/aromatic N) is 3. The summed E-state index contributed by atoms with van der Waals surface area (Å²) < 4.78 is 7.70. The lowest BCUT2D eigenvalue weighted by atomic mass is 10.2. The van der Waals surface area contributed by atoms with Gasteiger partial charge in [-0.05, 0) is 30.7 Å². The van der Waals surface area contributed by atoms with Crippen LogP contribution in [0.25, 0.3) is 6.08 Å². The van der Waals surface area contributed by atoms with Gasteiger partial charge in [-0.15, -0.1) is 0 Å². The molecule has 1 heterocycles. The topological polar surface area (TPSA) is 73.5 Å². The van der Waals surface area contributed by atoms with Crippen LogP contribution in [0, 0.1) is 0 Å². The zero-order chi connectivity index (χ0) is 19.3. The molecule has 1 aromatic carbocycles. The zero-order valence-corrected chi connectivity index (χ0v) is 15.4. The second kappa shape index (κ2) is 8.33. The smallest absolute Gasteiger partial charge is 0.330 e. The molecule has 2 rings (SSSR count). The highest BCUT2D eigenvalue weighted by Gasteiger charge is 2.08. The first-order valence-electron chi connectivity index (χ1n) is 8.25. The average Bonchev–Trinajstić information content (AvgIpc) is 2.63. The van der Waals surface area contributed by atoms with Crippen LogP contribution in [0.5, 0.6) is 5.75 Å². The number of likely N-dealkylation sites (N-methyl/N-ethyl adjacent to an activating group) is 1. The lowest BCUT2D eigenvalue weighted by molar-refractivity contribution is -0.125. The van der Waals surface area contributed by atoms with Crippen molar-refractivity contribution in [1.29, 1.82) is 0 Å². The Morgan fingerprint density at radius 1 is 1.19 bits per heavy atom. The third-order valence-corrected chi connectivity index (χ3v) is 3.91. The van der Waals surface area contributed by atoms with Crippen LogP contribution >= 0.6 is 0 Å². The third-order valence-electron chi connectivity index (χ3n) is 3.91. The Labute approximate surface area is 151 Å². The van der Waals surface area contributed by atoms with Gasteiger partial charge in [-0.3, -0.25) is 14.2 Å². The summed E-state index contributed by atoms with van der Waals surface area (Å²) in [5.74, 6) is 0.547. The summed E-state index contributed by atoms with van der Waals surface area (Å²) >= 11 is 0. The first kappa shape index (κ1) is 19.2. The monoisotopic (exact) mass is 357 g/mol. The van der Waals surface area contributed by atoms with Crippen LogP contribution in [-0.4, -0.2) is 33.6 Å². The molecule has 26 heavy (non-hydrogen) atoms. The minimum Gasteiger partial charge on any atom is -0.494 e. The Kier molecular flexibility index (Phi) is 6.16. The average molecular weight is 357 g/mol. The van der Waals surface area contributed by atoms with Gasteiger partial charge in [0.15, 0.2) is 0 Å². The first-order chi connectivity index (χ1) is 12.3. The molecule has 7 nitrogen and oxygen atoms in total. The summed E-state index contributed by atoms with van der Waals surface area (Å²) in [6.07, 6.45) is 4.18. The van der Waals surface area contributed by atoms with Gasteiger partial charge in [0.05, 0.1) is 12.2 Å². The molecule has 0 saturated carbocycles. The number of carbonyl (C=O) groups is 1. The largest absolute Gasteiger partial charge is 0.494 e. The van der Waals surface area contributed by atoms with Crippen LogP contribution in [0.2, 0.25) is 0 Å². The van der Waals surface area contributed by atoms with Crippen molar-refractivity contribution >= 4 is 12.0 Å². The van der Waals surface area contributed by atoms with Crippen molar-refractivity contribution in [3.05, 3.63) is 68.5 Å². The van der Waals surface area contributed by atoms with E-state index in [0.717, 1.165) is 15.9 Å². The minimum absolute atomic E-state index is 0.241. The molecule has 2 aromatic rings. The van der Waals surface area contributed by atoms with Crippen molar-refractivity contribution < 1.29 is 9.53 Å². The van der Waals surface area contributed by atoms with Gasteiger partial charge in [0.2, 0.25) is 5.91 Å². The Morgan fingerprint density at radius 3 is 2.46 bits per heavy atom. The highest BCUT2D eigenvalue weighted by molar-refractivity contribution is 5.91. The van der Waals surface area contributed by atoms with E-state index in [0.29, 0.717) is 13.2 Å². The number of carbonyl (C=O) groups excluding carboxylic acids is 1. The molecule has 0 radical (unpaired) electrons. The van der Waals surface area contributed by atoms with Gasteiger partial charge in [-0.1, -0.05) is 12.1 Å². The summed E-state index contributed by atoms with van der Waals surface area (Å²) in [4.78, 5) is 37.6. The maximum Gasteiger partial charge on any atom is 0.330 e. The van der Waals surface area contributed by atoms with Gasteiger partial charge in [0, 0.05) is 40.0 Å². The van der Waals surface area contributed by atoms with Crippen molar-refractivity contribution in [2.75, 3.05) is 13.7 Å². The number of amides is 1. The van der Waals surface area contributed by atoms with Gasteiger partial charge in [0.25, 0.3) is 5.56 Å². The molecule has 0 N–H and O–H groups in total. The normalized spacial score (nSPS) is 10.9. The van der Waals surface area contributed by atoms with E-state index in [4.69, 9.17) is 4.74 Å². The van der Waals surface area contributed by atoms with Crippen LogP contribution in [0.15, 0.2) is 46.1 Å². The number of benzene rings is 1. The Balaban J connectivity index is 2.08. The van der Waals surface area contributed by atoms with E-state index in [-0.39, 0.29) is 11.5 Å². The van der Waals surface area contributed by atoms with E-state index < -0.39 is 11.2 Å². The quantitative estimate of drug-likeness (QED) is 0.727. The highest BCUT2D eigenvalue weighted by Crippen LogP contribution is 2.13. The molecule has 1 aromatic heterocycles. The Hall–Kier alpha value is -3.09. The molecular weight excluding hydrogens is 334 g/mol. The second-order valence-corrected chi connectivity index (χ2v) is 5.95. The Bertz CT molecular complexity index is 923. The fraction of sp³-hybridized carbons (Fsp3) is 0.316. The molecule has 0 unspecified atom stereocenters. The van der Waals surface area contributed by atoms with E-state index in [1.807, 2.05) is 31.2 Å². The summed E-state index contributed by atoms with van der Waals surface area (Å²) in [5.41, 5.74) is 0.394. The molecule has 0 atom stereocenters. The van der Waals surface area contributed by atoms with Gasteiger partial charge in [0.1, 0.15) is 5.75 Å². The second-order valence-electron chi connectivity index (χ2n) is 5.95. The van der Waals surface area contributed by atoms with Crippen molar-refractivity contribution in [1.82, 2.24) is 14.0 Å². The number of hydrogen-bond donors (Lipinski definition) is 0. The van der Waals surface area contributed by atoms with Crippen molar-refractivity contribution in [2.24, 2.45) is 14.1 Å². The third kappa shape index (κ3) is 4.50. The lowest BCUT2D eigenvalue weighted by Gasteiger charge is -2.15. The number of ether oxygens (including phenoxy) is 1. The standard InChI is InChI=1S/C19H23N3O4/c1-5-26-16-9-6-14(7-10-16)12-20(2)17(23)11-8-15-13-21(3)19(25)22(4)18(15)24/h6-11,13H,5,12H2,1-4H3/b11-8+. The SMILES string of the molecule is CCOc1ccc(CN(C)C(=O)/C=C/c2cn(C)c(=O)n(C)c2=O)cc1. The first-order valence-corrected chi connectivity index (χ1v) is 8.25. The summed E-state index contributed by atoms with van der Waals surface area (Å²) in [5, 5.41) is 0. The highest BCUT2D eigenvalue weighted by atomic mass is 16.5. The molecule has 1 amide bonds. The fourth-order valence-electron chi connectivity index (χ4n) is 2.45. The molecule has 0 fully saturated rings. The van der Waals surface area contributed by atoms with Crippen LogP contribution in [0.4, 0.5) is 0 Å². The molecule has 0 spiro atoms. The number of rotatable bonds is 6. The predicted molar refractivity (Wildman–Crippen MR) is 100 cm³/mol. The minimum atomic E-state index is -0.439. The number of aryl methyl sites for hydroxylation is 1. The van der Waals surface area contributed by atoms with Crippen LogP contribution in [0.3, 0.4) is 0 Å². The molecular formula is C19H23N3O4. The van der Waals surface area contributed by atoms with Gasteiger partial charge in [-0.2, -0.15) is 0 Å². The van der Waals surface area contributed by atoms with E-state index in [2.05, 4.69) is 0 Å². The van der Waals surface area contributed by atoms with Crippen LogP contribution in [0.1, 0.15) is 18.1 Å². The lowest BCUT2D eigenvalue weighted by Crippen LogP contribution is -2.37. The maximum atomic E-state index is 12.3. The zero-order valence-electron chi connectivity index (χ0n) is 15.4. The van der Waals surface area contributed by atoms with Gasteiger partial charge >= 0.3 is 5.69 Å². The van der Waals surface area contributed by atoms with Crippen molar-refractivity contribution in [3.8, 4) is 5.75 Å². The van der Waals surface area contributed by atoms with Gasteiger partial charge in [-0.25, -0.2) is 4.79 Å². The molecule has 0 aliphatic rings. The maximum absolute atomic E-state index is 12.3. The van der Waals surface area contributed by atoms with E-state index >= 15 is 0 Å². The van der Waals surface area contributed by atoms with E-state index in [9.17, 15) is 14.4 Å². The van der Waals surface area contributed by atoms with Crippen LogP contribution < -0.4 is 16.0 Å². The Morgan fingerprint density at radius 2 is 1.85 bits per heavy atom. The summed E-state index contributed by atoms with van der Waals surface area (Å²) in [6.45, 7) is 2.96. The van der Waals surface area contributed by atoms with Gasteiger partial charge < -0.3 is 14.2 Å². The van der Waals surface area contributed by atoms with E-state index in [1.165, 1.54) is 30.0 Å². The van der Waals surface area contributed by atoms with Crippen LogP contribution in [-0.2, 0) is 25.4 Å². The molecule has 7 heteroatoms. The molecule has 0 saturated heterocycles. The van der Waals surface area contributed by atoms with Crippen molar-refractivity contribution in [2.45, 2.75) is 13.5 Å². The molecule has 0 aliphatic carbocycles.